The van der Waals surface area contributed by atoms with E-state index in [4.69, 9.17) is 27.1 Å². The Morgan fingerprint density at radius 2 is 1.97 bits per heavy atom. The number of piperidine rings is 1. The second kappa shape index (κ2) is 10.0. The number of nitrogens with two attached hydrogens (primary N) is 1. The lowest BCUT2D eigenvalue weighted by molar-refractivity contribution is 0.0976. The van der Waals surface area contributed by atoms with Gasteiger partial charge in [0.15, 0.2) is 5.82 Å². The molecule has 0 radical (unpaired) electrons. The summed E-state index contributed by atoms with van der Waals surface area (Å²) in [6.45, 7) is 7.07. The molecule has 5 heterocycles. The number of nitrogen functional groups attached to an aromatic ring is 1. The number of anilines is 2. The molecule has 5 rings (SSSR count). The lowest BCUT2D eigenvalue weighted by Gasteiger charge is -2.39. The molecule has 10 heteroatoms. The number of hydrogen-bond donors (Lipinski definition) is 2. The van der Waals surface area contributed by atoms with Gasteiger partial charge in [-0.1, -0.05) is 23.4 Å². The van der Waals surface area contributed by atoms with Gasteiger partial charge in [0, 0.05) is 24.2 Å². The second-order valence-corrected chi connectivity index (χ2v) is 10.3. The van der Waals surface area contributed by atoms with Crippen molar-refractivity contribution in [1.82, 2.24) is 24.9 Å². The minimum Gasteiger partial charge on any atom is -0.382 e. The first-order chi connectivity index (χ1) is 15.9. The topological polar surface area (TPSA) is 93.6 Å². The summed E-state index contributed by atoms with van der Waals surface area (Å²) in [5.41, 5.74) is 8.14. The summed E-state index contributed by atoms with van der Waals surface area (Å²) in [6.07, 6.45) is 7.31. The van der Waals surface area contributed by atoms with Crippen LogP contribution in [-0.2, 0) is 4.74 Å². The number of ether oxygens (including phenoxy) is 1. The number of halogens is 1. The van der Waals surface area contributed by atoms with Crippen LogP contribution in [0.3, 0.4) is 0 Å². The highest BCUT2D eigenvalue weighted by atomic mass is 35.5. The van der Waals surface area contributed by atoms with Crippen LogP contribution >= 0.6 is 23.4 Å². The summed E-state index contributed by atoms with van der Waals surface area (Å²) >= 11 is 7.88. The Balaban J connectivity index is 0.000000821. The van der Waals surface area contributed by atoms with E-state index < -0.39 is 0 Å². The third-order valence-corrected chi connectivity index (χ3v) is 7.98. The van der Waals surface area contributed by atoms with Gasteiger partial charge in [-0.3, -0.25) is 0 Å². The van der Waals surface area contributed by atoms with E-state index in [0.29, 0.717) is 22.4 Å². The second-order valence-electron chi connectivity index (χ2n) is 8.88. The van der Waals surface area contributed by atoms with E-state index in [1.165, 1.54) is 18.2 Å². The standard InChI is InChI=1S/C21H25ClN6OS.C2H7N/c1-13-11-21(12-29-13)5-9-27(10-6-21)19-15-3-8-25-28(15)20(14(2)26-19)30-16-4-7-24-18(23)17(16)22;1-3-2/h3-4,7-8,13H,5-6,9-12H2,1-2H3,(H2,23,24);3H,1-2H3/t13-;/m0./s1. The Kier molecular flexibility index (Phi) is 7.33. The largest absolute Gasteiger partial charge is 0.382 e. The lowest BCUT2D eigenvalue weighted by Crippen LogP contribution is -2.41. The van der Waals surface area contributed by atoms with Crippen LogP contribution in [-0.4, -0.2) is 59.5 Å². The number of nitrogens with zero attached hydrogens (tertiary/aromatic N) is 5. The maximum atomic E-state index is 6.37. The number of nitrogens with one attached hydrogen (secondary N) is 1. The molecule has 0 unspecified atom stereocenters. The Bertz CT molecular complexity index is 1110. The maximum absolute atomic E-state index is 6.37. The van der Waals surface area contributed by atoms with Gasteiger partial charge in [-0.25, -0.2) is 14.5 Å². The van der Waals surface area contributed by atoms with Gasteiger partial charge in [-0.15, -0.1) is 0 Å². The molecule has 3 N–H and O–H groups in total. The molecule has 2 aliphatic heterocycles. The molecule has 3 aromatic heterocycles. The number of aromatic nitrogens is 4. The molecule has 2 saturated heterocycles. The van der Waals surface area contributed by atoms with Gasteiger partial charge in [-0.05, 0) is 64.8 Å². The monoisotopic (exact) mass is 489 g/mol. The third kappa shape index (κ3) is 4.91. The van der Waals surface area contributed by atoms with Gasteiger partial charge in [-0.2, -0.15) is 5.10 Å². The molecule has 0 amide bonds. The van der Waals surface area contributed by atoms with Crippen LogP contribution in [0.4, 0.5) is 11.6 Å². The van der Waals surface area contributed by atoms with Crippen molar-refractivity contribution in [1.29, 1.82) is 0 Å². The minimum absolute atomic E-state index is 0.327. The number of rotatable bonds is 3. The molecule has 2 fully saturated rings. The minimum atomic E-state index is 0.327. The molecule has 2 aliphatic rings. The molecular weight excluding hydrogens is 458 g/mol. The molecule has 33 heavy (non-hydrogen) atoms. The molecule has 8 nitrogen and oxygen atoms in total. The first-order valence-electron chi connectivity index (χ1n) is 11.2. The van der Waals surface area contributed by atoms with Crippen molar-refractivity contribution in [3.05, 3.63) is 35.2 Å². The highest BCUT2D eigenvalue weighted by Gasteiger charge is 2.41. The van der Waals surface area contributed by atoms with Gasteiger partial charge in [0.25, 0.3) is 0 Å². The lowest BCUT2D eigenvalue weighted by atomic mass is 9.77. The summed E-state index contributed by atoms with van der Waals surface area (Å²) in [6, 6.07) is 3.89. The molecular formula is C23H32ClN7OS. The molecule has 0 bridgehead atoms. The Labute approximate surface area is 204 Å². The van der Waals surface area contributed by atoms with Crippen LogP contribution in [0.5, 0.6) is 0 Å². The van der Waals surface area contributed by atoms with Crippen molar-refractivity contribution in [2.24, 2.45) is 5.41 Å². The predicted molar refractivity (Wildman–Crippen MR) is 134 cm³/mol. The average molecular weight is 490 g/mol. The van der Waals surface area contributed by atoms with Gasteiger partial charge in [0.05, 0.1) is 29.6 Å². The van der Waals surface area contributed by atoms with Crippen molar-refractivity contribution < 1.29 is 4.74 Å². The van der Waals surface area contributed by atoms with Crippen molar-refractivity contribution in [3.8, 4) is 0 Å². The smallest absolute Gasteiger partial charge is 0.155 e. The number of aryl methyl sites for hydroxylation is 1. The molecule has 1 spiro atoms. The van der Waals surface area contributed by atoms with Crippen molar-refractivity contribution >= 4 is 40.5 Å². The summed E-state index contributed by atoms with van der Waals surface area (Å²) in [7, 11) is 3.75. The molecule has 178 valence electrons. The zero-order chi connectivity index (χ0) is 23.6. The Morgan fingerprint density at radius 3 is 2.64 bits per heavy atom. The summed E-state index contributed by atoms with van der Waals surface area (Å²) < 4.78 is 7.84. The quantitative estimate of drug-likeness (QED) is 0.569. The van der Waals surface area contributed by atoms with Crippen molar-refractivity contribution in [3.63, 3.8) is 0 Å². The van der Waals surface area contributed by atoms with E-state index >= 15 is 0 Å². The molecule has 0 aromatic carbocycles. The maximum Gasteiger partial charge on any atom is 0.155 e. The van der Waals surface area contributed by atoms with Crippen LogP contribution in [0.25, 0.3) is 5.52 Å². The van der Waals surface area contributed by atoms with Crippen LogP contribution in [0.2, 0.25) is 5.02 Å². The molecule has 0 saturated carbocycles. The van der Waals surface area contributed by atoms with Gasteiger partial charge < -0.3 is 20.7 Å². The van der Waals surface area contributed by atoms with E-state index in [-0.39, 0.29) is 0 Å². The average Bonchev–Trinajstić information content (AvgIpc) is 3.41. The summed E-state index contributed by atoms with van der Waals surface area (Å²) in [5.74, 6) is 1.32. The Morgan fingerprint density at radius 1 is 1.24 bits per heavy atom. The zero-order valence-electron chi connectivity index (χ0n) is 19.6. The highest BCUT2D eigenvalue weighted by molar-refractivity contribution is 7.99. The van der Waals surface area contributed by atoms with E-state index in [2.05, 4.69) is 27.2 Å². The van der Waals surface area contributed by atoms with E-state index in [1.54, 1.807) is 6.20 Å². The van der Waals surface area contributed by atoms with Gasteiger partial charge in [0.1, 0.15) is 16.4 Å². The fourth-order valence-electron chi connectivity index (χ4n) is 4.61. The van der Waals surface area contributed by atoms with Crippen LogP contribution in [0.15, 0.2) is 34.4 Å². The highest BCUT2D eigenvalue weighted by Crippen LogP contribution is 2.43. The first kappa shape index (κ1) is 24.1. The number of hydrogen-bond acceptors (Lipinski definition) is 8. The van der Waals surface area contributed by atoms with E-state index in [0.717, 1.165) is 59.5 Å². The van der Waals surface area contributed by atoms with Gasteiger partial charge >= 0.3 is 0 Å². The first-order valence-corrected chi connectivity index (χ1v) is 12.4. The number of fused-ring (bicyclic) bond motifs is 1. The van der Waals surface area contributed by atoms with E-state index in [9.17, 15) is 0 Å². The molecule has 0 aliphatic carbocycles. The van der Waals surface area contributed by atoms with Crippen LogP contribution in [0, 0.1) is 12.3 Å². The third-order valence-electron chi connectivity index (χ3n) is 6.25. The van der Waals surface area contributed by atoms with Crippen molar-refractivity contribution in [2.45, 2.75) is 49.1 Å². The normalized spacial score (nSPS) is 19.7. The zero-order valence-corrected chi connectivity index (χ0v) is 21.2. The SMILES string of the molecule is CNC.Cc1nc(N2CCC3(CC2)CO[C@@H](C)C3)c2ccnn2c1Sc1ccnc(N)c1Cl. The summed E-state index contributed by atoms with van der Waals surface area (Å²) in [5, 5.41) is 8.72. The number of pyridine rings is 1. The Hall–Kier alpha value is -2.07. The summed E-state index contributed by atoms with van der Waals surface area (Å²) in [4.78, 5) is 12.3. The predicted octanol–water partition coefficient (Wildman–Crippen LogP) is 4.05. The van der Waals surface area contributed by atoms with Gasteiger partial charge in [0.2, 0.25) is 0 Å². The molecule has 3 aromatic rings. The fourth-order valence-corrected chi connectivity index (χ4v) is 5.80. The van der Waals surface area contributed by atoms with Crippen LogP contribution < -0.4 is 16.0 Å². The van der Waals surface area contributed by atoms with E-state index in [1.807, 2.05) is 43.9 Å². The van der Waals surface area contributed by atoms with Crippen molar-refractivity contribution in [2.75, 3.05) is 44.4 Å². The molecule has 1 atom stereocenters. The van der Waals surface area contributed by atoms with Crippen LogP contribution in [0.1, 0.15) is 31.9 Å². The fraction of sp³-hybridized carbons (Fsp3) is 0.522.